The van der Waals surface area contributed by atoms with Crippen molar-refractivity contribution in [2.75, 3.05) is 12.4 Å². The third-order valence-electron chi connectivity index (χ3n) is 4.78. The molecule has 0 bridgehead atoms. The maximum atomic E-state index is 12.4. The zero-order valence-corrected chi connectivity index (χ0v) is 18.5. The highest BCUT2D eigenvalue weighted by molar-refractivity contribution is 7.80. The standard InChI is InChI=1S/C19H23N3O3S3/c1-4-11-10(2)27-9-13(11)16(23)21-22-19(26)20-17-15(18(24)25-3)12-7-5-6-8-14(12)28-17/h9H,4-8H2,1-3H3,(H,21,23)(H2,20,22,26). The number of anilines is 1. The van der Waals surface area contributed by atoms with E-state index in [2.05, 4.69) is 16.2 Å². The minimum Gasteiger partial charge on any atom is -0.465 e. The van der Waals surface area contributed by atoms with Crippen LogP contribution in [0.15, 0.2) is 5.38 Å². The quantitative estimate of drug-likeness (QED) is 0.381. The van der Waals surface area contributed by atoms with E-state index in [0.29, 0.717) is 16.1 Å². The largest absolute Gasteiger partial charge is 0.465 e. The van der Waals surface area contributed by atoms with Crippen LogP contribution < -0.4 is 16.2 Å². The van der Waals surface area contributed by atoms with Gasteiger partial charge in [-0.3, -0.25) is 15.6 Å². The number of esters is 1. The molecule has 150 valence electrons. The first-order valence-corrected chi connectivity index (χ1v) is 11.2. The van der Waals surface area contributed by atoms with Crippen LogP contribution in [0.4, 0.5) is 5.00 Å². The molecule has 0 unspecified atom stereocenters. The van der Waals surface area contributed by atoms with E-state index in [4.69, 9.17) is 17.0 Å². The fourth-order valence-electron chi connectivity index (χ4n) is 3.40. The Morgan fingerprint density at radius 2 is 2.00 bits per heavy atom. The predicted octanol–water partition coefficient (Wildman–Crippen LogP) is 3.98. The molecule has 28 heavy (non-hydrogen) atoms. The number of hydrogen-bond donors (Lipinski definition) is 3. The number of fused-ring (bicyclic) bond motifs is 1. The van der Waals surface area contributed by atoms with Crippen LogP contribution in [0.1, 0.15) is 61.4 Å². The van der Waals surface area contributed by atoms with Gasteiger partial charge in [-0.2, -0.15) is 0 Å². The van der Waals surface area contributed by atoms with Crippen LogP contribution in [-0.4, -0.2) is 24.1 Å². The molecule has 0 saturated heterocycles. The summed E-state index contributed by atoms with van der Waals surface area (Å²) in [6.07, 6.45) is 4.80. The Morgan fingerprint density at radius 3 is 2.71 bits per heavy atom. The lowest BCUT2D eigenvalue weighted by Gasteiger charge is -2.13. The second-order valence-corrected chi connectivity index (χ2v) is 9.07. The number of carbonyl (C=O) groups excluding carboxylic acids is 2. The Hall–Kier alpha value is -1.97. The van der Waals surface area contributed by atoms with Crippen molar-refractivity contribution in [3.8, 4) is 0 Å². The molecule has 1 amide bonds. The normalized spacial score (nSPS) is 12.8. The number of hydrogen-bond acceptors (Lipinski definition) is 6. The first-order chi connectivity index (χ1) is 13.5. The van der Waals surface area contributed by atoms with E-state index in [9.17, 15) is 9.59 Å². The van der Waals surface area contributed by atoms with Gasteiger partial charge in [-0.05, 0) is 62.4 Å². The van der Waals surface area contributed by atoms with Gasteiger partial charge in [-0.25, -0.2) is 4.79 Å². The lowest BCUT2D eigenvalue weighted by Crippen LogP contribution is -2.44. The van der Waals surface area contributed by atoms with Crippen LogP contribution in [0.5, 0.6) is 0 Å². The van der Waals surface area contributed by atoms with E-state index in [1.54, 1.807) is 11.3 Å². The van der Waals surface area contributed by atoms with Crippen LogP contribution >= 0.6 is 34.9 Å². The van der Waals surface area contributed by atoms with Crippen molar-refractivity contribution < 1.29 is 14.3 Å². The molecule has 0 fully saturated rings. The van der Waals surface area contributed by atoms with Crippen molar-refractivity contribution in [2.24, 2.45) is 0 Å². The summed E-state index contributed by atoms with van der Waals surface area (Å²) in [4.78, 5) is 27.1. The monoisotopic (exact) mass is 437 g/mol. The summed E-state index contributed by atoms with van der Waals surface area (Å²) < 4.78 is 4.96. The highest BCUT2D eigenvalue weighted by Gasteiger charge is 2.26. The minimum absolute atomic E-state index is 0.224. The van der Waals surface area contributed by atoms with Gasteiger partial charge < -0.3 is 10.1 Å². The van der Waals surface area contributed by atoms with Gasteiger partial charge >= 0.3 is 5.97 Å². The lowest BCUT2D eigenvalue weighted by molar-refractivity contribution is 0.0600. The van der Waals surface area contributed by atoms with Crippen LogP contribution in [0.25, 0.3) is 0 Å². The third-order valence-corrected chi connectivity index (χ3v) is 7.14. The summed E-state index contributed by atoms with van der Waals surface area (Å²) in [5, 5.41) is 5.78. The van der Waals surface area contributed by atoms with E-state index < -0.39 is 0 Å². The Morgan fingerprint density at radius 1 is 1.25 bits per heavy atom. The smallest absolute Gasteiger partial charge is 0.341 e. The van der Waals surface area contributed by atoms with E-state index >= 15 is 0 Å². The molecule has 9 heteroatoms. The van der Waals surface area contributed by atoms with Crippen LogP contribution in [0.3, 0.4) is 0 Å². The van der Waals surface area contributed by atoms with Crippen LogP contribution in [0.2, 0.25) is 0 Å². The number of methoxy groups -OCH3 is 1. The van der Waals surface area contributed by atoms with E-state index in [1.807, 2.05) is 19.2 Å². The Kier molecular flexibility index (Phi) is 6.69. The van der Waals surface area contributed by atoms with Crippen LogP contribution in [-0.2, 0) is 24.0 Å². The molecule has 3 rings (SSSR count). The number of ether oxygens (including phenoxy) is 1. The van der Waals surface area contributed by atoms with Gasteiger partial charge in [0.05, 0.1) is 18.2 Å². The van der Waals surface area contributed by atoms with Gasteiger partial charge in [0.15, 0.2) is 5.11 Å². The minimum atomic E-state index is -0.366. The van der Waals surface area contributed by atoms with Gasteiger partial charge in [0.1, 0.15) is 5.00 Å². The molecule has 2 aromatic rings. The van der Waals surface area contributed by atoms with Crippen molar-refractivity contribution in [2.45, 2.75) is 46.0 Å². The number of amides is 1. The van der Waals surface area contributed by atoms with Crippen molar-refractivity contribution >= 4 is 56.9 Å². The number of thiocarbonyl (C=S) groups is 1. The van der Waals surface area contributed by atoms with Gasteiger partial charge in [-0.15, -0.1) is 22.7 Å². The molecule has 0 saturated carbocycles. The molecule has 0 aliphatic heterocycles. The number of nitrogens with one attached hydrogen (secondary N) is 3. The van der Waals surface area contributed by atoms with Crippen molar-refractivity contribution in [3.63, 3.8) is 0 Å². The highest BCUT2D eigenvalue weighted by Crippen LogP contribution is 2.38. The Labute approximate surface area is 177 Å². The number of thiophene rings is 2. The number of rotatable bonds is 4. The summed E-state index contributed by atoms with van der Waals surface area (Å²) in [6, 6.07) is 0. The predicted molar refractivity (Wildman–Crippen MR) is 118 cm³/mol. The second kappa shape index (κ2) is 9.02. The molecule has 1 aliphatic carbocycles. The van der Waals surface area contributed by atoms with E-state index in [-0.39, 0.29) is 17.0 Å². The highest BCUT2D eigenvalue weighted by atomic mass is 32.1. The molecule has 2 aromatic heterocycles. The first kappa shape index (κ1) is 20.8. The van der Waals surface area contributed by atoms with Gasteiger partial charge in [0.2, 0.25) is 0 Å². The zero-order chi connectivity index (χ0) is 20.3. The summed E-state index contributed by atoms with van der Waals surface area (Å²) >= 11 is 8.39. The molecule has 0 radical (unpaired) electrons. The van der Waals surface area contributed by atoms with Gasteiger partial charge in [0.25, 0.3) is 5.91 Å². The Bertz CT molecular complexity index is 917. The summed E-state index contributed by atoms with van der Waals surface area (Å²) in [5.41, 5.74) is 8.68. The number of hydrazine groups is 1. The van der Waals surface area contributed by atoms with Crippen molar-refractivity contribution in [3.05, 3.63) is 37.4 Å². The SMILES string of the molecule is CCc1c(C(=O)NNC(=S)Nc2sc3c(c2C(=O)OC)CCCC3)csc1C. The molecule has 3 N–H and O–H groups in total. The average Bonchev–Trinajstić information content (AvgIpc) is 3.25. The molecular weight excluding hydrogens is 414 g/mol. The van der Waals surface area contributed by atoms with Crippen molar-refractivity contribution in [1.29, 1.82) is 0 Å². The molecular formula is C19H23N3O3S3. The lowest BCUT2D eigenvalue weighted by atomic mass is 9.95. The second-order valence-electron chi connectivity index (χ2n) is 6.48. The topological polar surface area (TPSA) is 79.5 Å². The molecule has 1 aliphatic rings. The molecule has 6 nitrogen and oxygen atoms in total. The summed E-state index contributed by atoms with van der Waals surface area (Å²) in [7, 11) is 1.38. The first-order valence-electron chi connectivity index (χ1n) is 9.13. The van der Waals surface area contributed by atoms with Gasteiger partial charge in [0, 0.05) is 15.1 Å². The maximum Gasteiger partial charge on any atom is 0.341 e. The van der Waals surface area contributed by atoms with Crippen molar-refractivity contribution in [1.82, 2.24) is 10.9 Å². The fraction of sp³-hybridized carbons (Fsp3) is 0.421. The third kappa shape index (κ3) is 4.21. The van der Waals surface area contributed by atoms with E-state index in [0.717, 1.165) is 48.1 Å². The molecule has 0 aromatic carbocycles. The molecule has 0 spiro atoms. The molecule has 0 atom stereocenters. The number of aryl methyl sites for hydroxylation is 2. The molecule has 2 heterocycles. The van der Waals surface area contributed by atoms with Gasteiger partial charge in [-0.1, -0.05) is 6.92 Å². The number of carbonyl (C=O) groups is 2. The maximum absolute atomic E-state index is 12.4. The summed E-state index contributed by atoms with van der Waals surface area (Å²) in [5.74, 6) is -0.598. The zero-order valence-electron chi connectivity index (χ0n) is 16.1. The van der Waals surface area contributed by atoms with E-state index in [1.165, 1.54) is 23.3 Å². The average molecular weight is 438 g/mol. The summed E-state index contributed by atoms with van der Waals surface area (Å²) in [6.45, 7) is 4.03. The van der Waals surface area contributed by atoms with Crippen LogP contribution in [0, 0.1) is 6.92 Å². The fourth-order valence-corrected chi connectivity index (χ4v) is 5.84. The Balaban J connectivity index is 1.69.